The van der Waals surface area contributed by atoms with E-state index in [2.05, 4.69) is 19.2 Å². The summed E-state index contributed by atoms with van der Waals surface area (Å²) < 4.78 is 59.2. The van der Waals surface area contributed by atoms with Gasteiger partial charge in [0, 0.05) is 12.2 Å². The Morgan fingerprint density at radius 2 is 1.68 bits per heavy atom. The lowest BCUT2D eigenvalue weighted by Gasteiger charge is -2.10. The van der Waals surface area contributed by atoms with Gasteiger partial charge in [-0.2, -0.15) is 13.2 Å². The molecule has 0 radical (unpaired) electrons. The van der Waals surface area contributed by atoms with E-state index in [1.165, 1.54) is 12.1 Å². The molecule has 0 unspecified atom stereocenters. The van der Waals surface area contributed by atoms with E-state index >= 15 is 0 Å². The van der Waals surface area contributed by atoms with Crippen LogP contribution in [0.2, 0.25) is 0 Å². The summed E-state index contributed by atoms with van der Waals surface area (Å²) in [5, 5.41) is 3.02. The largest absolute Gasteiger partial charge is 0.501 e. The molecule has 0 fully saturated rings. The summed E-state index contributed by atoms with van der Waals surface area (Å²) in [6, 6.07) is 4.58. The van der Waals surface area contributed by atoms with Crippen LogP contribution >= 0.6 is 0 Å². The SMILES string of the molecule is CC(C)CCNc1ccc(S(=O)(=O)C(F)(F)F)cc1. The molecule has 1 rings (SSSR count). The molecule has 0 aliphatic heterocycles. The second-order valence-corrected chi connectivity index (χ2v) is 6.52. The highest BCUT2D eigenvalue weighted by Crippen LogP contribution is 2.30. The highest BCUT2D eigenvalue weighted by Gasteiger charge is 2.46. The third kappa shape index (κ3) is 4.12. The molecule has 0 aromatic heterocycles. The topological polar surface area (TPSA) is 46.2 Å². The van der Waals surface area contributed by atoms with Crippen LogP contribution in [0.25, 0.3) is 0 Å². The van der Waals surface area contributed by atoms with Crippen molar-refractivity contribution in [3.8, 4) is 0 Å². The molecule has 0 atom stereocenters. The third-order valence-corrected chi connectivity index (χ3v) is 4.02. The zero-order chi connectivity index (χ0) is 14.7. The van der Waals surface area contributed by atoms with Crippen molar-refractivity contribution in [2.75, 3.05) is 11.9 Å². The Morgan fingerprint density at radius 1 is 1.16 bits per heavy atom. The number of alkyl halides is 3. The minimum Gasteiger partial charge on any atom is -0.385 e. The predicted molar refractivity (Wildman–Crippen MR) is 67.6 cm³/mol. The monoisotopic (exact) mass is 295 g/mol. The van der Waals surface area contributed by atoms with E-state index in [-0.39, 0.29) is 0 Å². The maximum Gasteiger partial charge on any atom is 0.501 e. The molecule has 1 aromatic carbocycles. The highest BCUT2D eigenvalue weighted by atomic mass is 32.2. The molecule has 1 N–H and O–H groups in total. The molecule has 7 heteroatoms. The Hall–Kier alpha value is -1.24. The van der Waals surface area contributed by atoms with Crippen molar-refractivity contribution in [3.63, 3.8) is 0 Å². The van der Waals surface area contributed by atoms with Crippen LogP contribution in [0.15, 0.2) is 29.2 Å². The van der Waals surface area contributed by atoms with Gasteiger partial charge in [-0.15, -0.1) is 0 Å². The average molecular weight is 295 g/mol. The van der Waals surface area contributed by atoms with E-state index in [0.717, 1.165) is 18.6 Å². The van der Waals surface area contributed by atoms with Crippen molar-refractivity contribution in [1.82, 2.24) is 0 Å². The summed E-state index contributed by atoms with van der Waals surface area (Å²) in [5.74, 6) is 0.511. The molecular weight excluding hydrogens is 279 g/mol. The van der Waals surface area contributed by atoms with E-state index in [9.17, 15) is 21.6 Å². The first-order valence-electron chi connectivity index (χ1n) is 5.80. The van der Waals surface area contributed by atoms with Crippen LogP contribution in [0.5, 0.6) is 0 Å². The van der Waals surface area contributed by atoms with Crippen LogP contribution in [0, 0.1) is 5.92 Å². The van der Waals surface area contributed by atoms with Crippen LogP contribution in [0.3, 0.4) is 0 Å². The maximum atomic E-state index is 12.3. The van der Waals surface area contributed by atoms with Gasteiger partial charge >= 0.3 is 5.51 Å². The van der Waals surface area contributed by atoms with Gasteiger partial charge in [0.1, 0.15) is 0 Å². The van der Waals surface area contributed by atoms with Crippen molar-refractivity contribution in [3.05, 3.63) is 24.3 Å². The molecule has 3 nitrogen and oxygen atoms in total. The van der Waals surface area contributed by atoms with Crippen molar-refractivity contribution < 1.29 is 21.6 Å². The summed E-state index contributed by atoms with van der Waals surface area (Å²) in [7, 11) is -5.25. The quantitative estimate of drug-likeness (QED) is 0.905. The summed E-state index contributed by atoms with van der Waals surface area (Å²) in [5.41, 5.74) is -4.67. The van der Waals surface area contributed by atoms with Crippen LogP contribution in [0.4, 0.5) is 18.9 Å². The fourth-order valence-corrected chi connectivity index (χ4v) is 2.15. The number of sulfone groups is 1. The number of hydrogen-bond acceptors (Lipinski definition) is 3. The maximum absolute atomic E-state index is 12.3. The van der Waals surface area contributed by atoms with Gasteiger partial charge in [-0.05, 0) is 36.6 Å². The molecule has 1 aromatic rings. The lowest BCUT2D eigenvalue weighted by molar-refractivity contribution is -0.0436. The summed E-state index contributed by atoms with van der Waals surface area (Å²) in [4.78, 5) is -0.741. The highest BCUT2D eigenvalue weighted by molar-refractivity contribution is 7.92. The average Bonchev–Trinajstić information content (AvgIpc) is 2.27. The lowest BCUT2D eigenvalue weighted by atomic mass is 10.1. The number of hydrogen-bond donors (Lipinski definition) is 1. The van der Waals surface area contributed by atoms with E-state index < -0.39 is 20.2 Å². The summed E-state index contributed by atoms with van der Waals surface area (Å²) in [6.45, 7) is 4.80. The van der Waals surface area contributed by atoms with Crippen molar-refractivity contribution >= 4 is 15.5 Å². The van der Waals surface area contributed by atoms with Crippen LogP contribution < -0.4 is 5.32 Å². The molecule has 0 aliphatic carbocycles. The molecule has 0 saturated heterocycles. The number of anilines is 1. The van der Waals surface area contributed by atoms with E-state index in [4.69, 9.17) is 0 Å². The second-order valence-electron chi connectivity index (χ2n) is 4.58. The van der Waals surface area contributed by atoms with Gasteiger partial charge in [0.05, 0.1) is 4.90 Å². The number of nitrogens with one attached hydrogen (secondary N) is 1. The van der Waals surface area contributed by atoms with Gasteiger partial charge in [0.15, 0.2) is 0 Å². The molecule has 0 bridgehead atoms. The Morgan fingerprint density at radius 3 is 2.11 bits per heavy atom. The first-order valence-corrected chi connectivity index (χ1v) is 7.28. The molecule has 0 spiro atoms. The molecule has 0 amide bonds. The zero-order valence-corrected chi connectivity index (χ0v) is 11.5. The summed E-state index contributed by atoms with van der Waals surface area (Å²) in [6.07, 6.45) is 0.919. The molecule has 108 valence electrons. The van der Waals surface area contributed by atoms with Crippen molar-refractivity contribution in [2.24, 2.45) is 5.92 Å². The van der Waals surface area contributed by atoms with Crippen molar-refractivity contribution in [1.29, 1.82) is 0 Å². The first-order chi connectivity index (χ1) is 8.64. The van der Waals surface area contributed by atoms with E-state index in [0.29, 0.717) is 18.2 Å². The standard InChI is InChI=1S/C12H16F3NO2S/c1-9(2)7-8-16-10-3-5-11(6-4-10)19(17,18)12(13,14)15/h3-6,9,16H,7-8H2,1-2H3. The van der Waals surface area contributed by atoms with Crippen LogP contribution in [-0.2, 0) is 9.84 Å². The minimum atomic E-state index is -5.26. The Bertz CT molecular complexity index is 507. The van der Waals surface area contributed by atoms with E-state index in [1.54, 1.807) is 0 Å². The molecule has 0 heterocycles. The Balaban J connectivity index is 2.78. The Labute approximate surface area is 110 Å². The first kappa shape index (κ1) is 15.8. The van der Waals surface area contributed by atoms with Crippen LogP contribution in [0.1, 0.15) is 20.3 Å². The van der Waals surface area contributed by atoms with E-state index in [1.807, 2.05) is 0 Å². The van der Waals surface area contributed by atoms with Gasteiger partial charge in [0.2, 0.25) is 0 Å². The van der Waals surface area contributed by atoms with Gasteiger partial charge in [-0.3, -0.25) is 0 Å². The molecule has 0 aliphatic rings. The summed E-state index contributed by atoms with van der Waals surface area (Å²) >= 11 is 0. The Kier molecular flexibility index (Phi) is 4.84. The van der Waals surface area contributed by atoms with Crippen LogP contribution in [-0.4, -0.2) is 20.5 Å². The number of halogens is 3. The van der Waals surface area contributed by atoms with Gasteiger partial charge < -0.3 is 5.32 Å². The predicted octanol–water partition coefficient (Wildman–Crippen LogP) is 3.44. The molecular formula is C12H16F3NO2S. The lowest BCUT2D eigenvalue weighted by Crippen LogP contribution is -2.23. The minimum absolute atomic E-state index is 0.511. The smallest absolute Gasteiger partial charge is 0.385 e. The normalized spacial score (nSPS) is 12.7. The van der Waals surface area contributed by atoms with Gasteiger partial charge in [0.25, 0.3) is 9.84 Å². The fourth-order valence-electron chi connectivity index (χ4n) is 1.39. The van der Waals surface area contributed by atoms with Crippen molar-refractivity contribution in [2.45, 2.75) is 30.7 Å². The zero-order valence-electron chi connectivity index (χ0n) is 10.7. The molecule has 19 heavy (non-hydrogen) atoms. The molecule has 0 saturated carbocycles. The van der Waals surface area contributed by atoms with Gasteiger partial charge in [-0.1, -0.05) is 13.8 Å². The third-order valence-electron chi connectivity index (χ3n) is 2.52. The second kappa shape index (κ2) is 5.81. The fraction of sp³-hybridized carbons (Fsp3) is 0.500. The number of benzene rings is 1. The number of rotatable bonds is 5. The van der Waals surface area contributed by atoms with Gasteiger partial charge in [-0.25, -0.2) is 8.42 Å².